The molecule has 0 radical (unpaired) electrons. The van der Waals surface area contributed by atoms with Gasteiger partial charge in [-0.15, -0.1) is 0 Å². The summed E-state index contributed by atoms with van der Waals surface area (Å²) >= 11 is 6.16. The number of rotatable bonds is 9. The van der Waals surface area contributed by atoms with Crippen molar-refractivity contribution < 1.29 is 13.9 Å². The minimum Gasteiger partial charge on any atom is -0.379 e. The summed E-state index contributed by atoms with van der Waals surface area (Å²) < 4.78 is 18.9. The van der Waals surface area contributed by atoms with E-state index in [4.69, 9.17) is 16.3 Å². The SMILES string of the molecule is O=C(CNCCCN1CCOCC1)Nc1cc(-c2[nH]c3cc(Cl)cnc3c2-c2ccc(F)cn2)ccn1. The van der Waals surface area contributed by atoms with E-state index < -0.39 is 5.82 Å². The van der Waals surface area contributed by atoms with Crippen molar-refractivity contribution in [3.05, 3.63) is 59.8 Å². The molecule has 1 amide bonds. The third-order valence-corrected chi connectivity index (χ3v) is 6.32. The van der Waals surface area contributed by atoms with Gasteiger partial charge in [-0.3, -0.25) is 19.7 Å². The zero-order valence-electron chi connectivity index (χ0n) is 20.1. The Kier molecular flexibility index (Phi) is 8.00. The number of carbonyl (C=O) groups is 1. The van der Waals surface area contributed by atoms with Crippen LogP contribution in [0.5, 0.6) is 0 Å². The van der Waals surface area contributed by atoms with Crippen molar-refractivity contribution in [3.8, 4) is 22.5 Å². The summed E-state index contributed by atoms with van der Waals surface area (Å²) in [5.74, 6) is -0.188. The molecule has 5 heterocycles. The average Bonchev–Trinajstić information content (AvgIpc) is 3.28. The molecular formula is C26H27ClFN7O2. The number of carbonyl (C=O) groups excluding carboxylic acids is 1. The van der Waals surface area contributed by atoms with Crippen molar-refractivity contribution in [3.63, 3.8) is 0 Å². The lowest BCUT2D eigenvalue weighted by Crippen LogP contribution is -2.38. The Balaban J connectivity index is 1.28. The lowest BCUT2D eigenvalue weighted by atomic mass is 10.0. The number of aromatic amines is 1. The van der Waals surface area contributed by atoms with E-state index in [0.717, 1.165) is 51.4 Å². The van der Waals surface area contributed by atoms with Crippen LogP contribution >= 0.6 is 11.6 Å². The van der Waals surface area contributed by atoms with Crippen molar-refractivity contribution in [2.75, 3.05) is 51.3 Å². The number of nitrogens with zero attached hydrogens (tertiary/aromatic N) is 4. The molecule has 0 atom stereocenters. The van der Waals surface area contributed by atoms with Gasteiger partial charge >= 0.3 is 0 Å². The van der Waals surface area contributed by atoms with Crippen molar-refractivity contribution in [1.82, 2.24) is 30.2 Å². The molecular weight excluding hydrogens is 497 g/mol. The number of ether oxygens (including phenoxy) is 1. The molecule has 4 aromatic heterocycles. The third kappa shape index (κ3) is 6.28. The monoisotopic (exact) mass is 523 g/mol. The summed E-state index contributed by atoms with van der Waals surface area (Å²) in [5, 5.41) is 6.52. The average molecular weight is 524 g/mol. The molecule has 1 saturated heterocycles. The van der Waals surface area contributed by atoms with Crippen LogP contribution < -0.4 is 10.6 Å². The molecule has 11 heteroatoms. The van der Waals surface area contributed by atoms with Gasteiger partial charge in [-0.05, 0) is 49.8 Å². The molecule has 0 aliphatic carbocycles. The molecule has 0 saturated carbocycles. The maximum atomic E-state index is 13.5. The highest BCUT2D eigenvalue weighted by molar-refractivity contribution is 6.31. The maximum Gasteiger partial charge on any atom is 0.239 e. The number of hydrogen-bond acceptors (Lipinski definition) is 7. The molecule has 0 bridgehead atoms. The van der Waals surface area contributed by atoms with E-state index >= 15 is 0 Å². The highest BCUT2D eigenvalue weighted by atomic mass is 35.5. The molecule has 1 aliphatic heterocycles. The number of halogens is 2. The number of pyridine rings is 3. The third-order valence-electron chi connectivity index (χ3n) is 6.12. The molecule has 1 aliphatic rings. The first-order valence-corrected chi connectivity index (χ1v) is 12.5. The maximum absolute atomic E-state index is 13.5. The van der Waals surface area contributed by atoms with Crippen LogP contribution in [0.2, 0.25) is 5.02 Å². The van der Waals surface area contributed by atoms with Gasteiger partial charge in [0.25, 0.3) is 0 Å². The van der Waals surface area contributed by atoms with Crippen molar-refractivity contribution in [2.45, 2.75) is 6.42 Å². The van der Waals surface area contributed by atoms with Crippen LogP contribution in [0.4, 0.5) is 10.2 Å². The Hall–Kier alpha value is -3.44. The van der Waals surface area contributed by atoms with Gasteiger partial charge in [-0.2, -0.15) is 0 Å². The minimum absolute atomic E-state index is 0.179. The lowest BCUT2D eigenvalue weighted by molar-refractivity contribution is -0.115. The standard InChI is InChI=1S/C26H27ClFN7O2/c27-18-13-21-26(32-14-18)24(20-3-2-19(28)15-31-20)25(33-21)17-4-6-30-22(12-17)34-23(36)16-29-5-1-7-35-8-10-37-11-9-35/h2-4,6,12-15,29,33H,1,5,7-11,16H2,(H,30,34,36). The van der Waals surface area contributed by atoms with Crippen LogP contribution in [0.3, 0.4) is 0 Å². The molecule has 37 heavy (non-hydrogen) atoms. The first-order valence-electron chi connectivity index (χ1n) is 12.1. The predicted molar refractivity (Wildman–Crippen MR) is 141 cm³/mol. The Morgan fingerprint density at radius 1 is 1.14 bits per heavy atom. The fourth-order valence-corrected chi connectivity index (χ4v) is 4.49. The van der Waals surface area contributed by atoms with Crippen LogP contribution in [0.1, 0.15) is 6.42 Å². The van der Waals surface area contributed by atoms with Gasteiger partial charge in [0.05, 0.1) is 59.0 Å². The Morgan fingerprint density at radius 2 is 2.00 bits per heavy atom. The summed E-state index contributed by atoms with van der Waals surface area (Å²) in [6, 6.07) is 8.32. The quantitative estimate of drug-likeness (QED) is 0.287. The fourth-order valence-electron chi connectivity index (χ4n) is 4.33. The van der Waals surface area contributed by atoms with Gasteiger partial charge in [-0.25, -0.2) is 9.37 Å². The Bertz CT molecular complexity index is 1370. The van der Waals surface area contributed by atoms with Gasteiger partial charge < -0.3 is 20.4 Å². The first-order chi connectivity index (χ1) is 18.1. The van der Waals surface area contributed by atoms with E-state index in [1.165, 1.54) is 12.3 Å². The summed E-state index contributed by atoms with van der Waals surface area (Å²) in [4.78, 5) is 31.2. The predicted octanol–water partition coefficient (Wildman–Crippen LogP) is 3.73. The highest BCUT2D eigenvalue weighted by Gasteiger charge is 2.19. The Labute approximate surface area is 218 Å². The molecule has 0 aromatic carbocycles. The van der Waals surface area contributed by atoms with Crippen LogP contribution in [-0.4, -0.2) is 76.7 Å². The second-order valence-corrected chi connectivity index (χ2v) is 9.19. The van der Waals surface area contributed by atoms with Gasteiger partial charge in [-0.1, -0.05) is 11.6 Å². The van der Waals surface area contributed by atoms with E-state index in [1.54, 1.807) is 30.6 Å². The number of H-pyrrole nitrogens is 1. The van der Waals surface area contributed by atoms with Gasteiger partial charge in [0.15, 0.2) is 0 Å². The number of anilines is 1. The van der Waals surface area contributed by atoms with Crippen LogP contribution in [0, 0.1) is 5.82 Å². The molecule has 0 unspecified atom stereocenters. The molecule has 4 aromatic rings. The van der Waals surface area contributed by atoms with Gasteiger partial charge in [0, 0.05) is 31.0 Å². The number of morpholine rings is 1. The van der Waals surface area contributed by atoms with Crippen LogP contribution in [-0.2, 0) is 9.53 Å². The van der Waals surface area contributed by atoms with Crippen molar-refractivity contribution in [2.24, 2.45) is 0 Å². The van der Waals surface area contributed by atoms with Gasteiger partial charge in [0.1, 0.15) is 11.6 Å². The fraction of sp³-hybridized carbons (Fsp3) is 0.308. The minimum atomic E-state index is -0.426. The van der Waals surface area contributed by atoms with Crippen molar-refractivity contribution in [1.29, 1.82) is 0 Å². The second kappa shape index (κ2) is 11.7. The zero-order chi connectivity index (χ0) is 25.6. The molecule has 5 rings (SSSR count). The van der Waals surface area contributed by atoms with Crippen LogP contribution in [0.25, 0.3) is 33.5 Å². The highest BCUT2D eigenvalue weighted by Crippen LogP contribution is 2.37. The topological polar surface area (TPSA) is 108 Å². The second-order valence-electron chi connectivity index (χ2n) is 8.75. The molecule has 1 fully saturated rings. The van der Waals surface area contributed by atoms with Crippen molar-refractivity contribution >= 4 is 34.4 Å². The number of fused-ring (bicyclic) bond motifs is 1. The molecule has 9 nitrogen and oxygen atoms in total. The van der Waals surface area contributed by atoms with E-state index in [2.05, 4.69) is 35.5 Å². The molecule has 0 spiro atoms. The first kappa shape index (κ1) is 25.2. The molecule has 3 N–H and O–H groups in total. The smallest absolute Gasteiger partial charge is 0.239 e. The summed E-state index contributed by atoms with van der Waals surface area (Å²) in [6.45, 7) is 5.41. The van der Waals surface area contributed by atoms with E-state index in [0.29, 0.717) is 38.8 Å². The zero-order valence-corrected chi connectivity index (χ0v) is 20.9. The normalized spacial score (nSPS) is 14.2. The summed E-state index contributed by atoms with van der Waals surface area (Å²) in [7, 11) is 0. The Morgan fingerprint density at radius 3 is 2.81 bits per heavy atom. The number of nitrogens with one attached hydrogen (secondary N) is 3. The van der Waals surface area contributed by atoms with E-state index in [1.807, 2.05) is 6.07 Å². The van der Waals surface area contributed by atoms with E-state index in [-0.39, 0.29) is 12.5 Å². The number of amides is 1. The van der Waals surface area contributed by atoms with E-state index in [9.17, 15) is 9.18 Å². The number of hydrogen-bond donors (Lipinski definition) is 3. The lowest BCUT2D eigenvalue weighted by Gasteiger charge is -2.26. The summed E-state index contributed by atoms with van der Waals surface area (Å²) in [5.41, 5.74) is 4.11. The largest absolute Gasteiger partial charge is 0.379 e. The van der Waals surface area contributed by atoms with Gasteiger partial charge in [0.2, 0.25) is 5.91 Å². The van der Waals surface area contributed by atoms with Crippen LogP contribution in [0.15, 0.2) is 48.9 Å². The molecule has 192 valence electrons. The number of aromatic nitrogens is 4. The summed E-state index contributed by atoms with van der Waals surface area (Å²) in [6.07, 6.45) is 5.30.